The summed E-state index contributed by atoms with van der Waals surface area (Å²) < 4.78 is 0. The second kappa shape index (κ2) is 7.23. The van der Waals surface area contributed by atoms with Gasteiger partial charge in [0.05, 0.1) is 0 Å². The predicted octanol–water partition coefficient (Wildman–Crippen LogP) is 4.01. The summed E-state index contributed by atoms with van der Waals surface area (Å²) in [5.41, 5.74) is 0.736. The zero-order valence-corrected chi connectivity index (χ0v) is 15.7. The molecule has 1 aliphatic carbocycles. The summed E-state index contributed by atoms with van der Waals surface area (Å²) in [5, 5.41) is 3.81. The van der Waals surface area contributed by atoms with Crippen molar-refractivity contribution in [1.82, 2.24) is 10.2 Å². The van der Waals surface area contributed by atoms with Crippen molar-refractivity contribution in [2.24, 2.45) is 11.3 Å². The summed E-state index contributed by atoms with van der Waals surface area (Å²) in [7, 11) is 2.37. The molecule has 0 amide bonds. The van der Waals surface area contributed by atoms with Gasteiger partial charge in [-0.1, -0.05) is 19.8 Å². The highest BCUT2D eigenvalue weighted by Crippen LogP contribution is 2.40. The number of thioether (sulfide) groups is 1. The van der Waals surface area contributed by atoms with Crippen LogP contribution in [0.5, 0.6) is 0 Å². The minimum Gasteiger partial charge on any atom is -0.311 e. The van der Waals surface area contributed by atoms with Crippen molar-refractivity contribution in [2.75, 3.05) is 31.6 Å². The maximum Gasteiger partial charge on any atom is 0.0191 e. The zero-order chi connectivity index (χ0) is 15.5. The van der Waals surface area contributed by atoms with E-state index in [1.165, 1.54) is 56.7 Å². The number of nitrogens with one attached hydrogen (secondary N) is 1. The van der Waals surface area contributed by atoms with Crippen LogP contribution in [0.2, 0.25) is 0 Å². The fourth-order valence-corrected chi connectivity index (χ4v) is 5.04. The van der Waals surface area contributed by atoms with Crippen molar-refractivity contribution in [2.45, 2.75) is 71.4 Å². The minimum atomic E-state index is 0.234. The largest absolute Gasteiger partial charge is 0.311 e. The Morgan fingerprint density at radius 2 is 1.86 bits per heavy atom. The van der Waals surface area contributed by atoms with Gasteiger partial charge in [0.2, 0.25) is 0 Å². The molecule has 0 aromatic rings. The predicted molar refractivity (Wildman–Crippen MR) is 96.2 cm³/mol. The van der Waals surface area contributed by atoms with Gasteiger partial charge in [0, 0.05) is 30.4 Å². The van der Waals surface area contributed by atoms with E-state index in [0.717, 1.165) is 12.0 Å². The second-order valence-electron chi connectivity index (χ2n) is 8.72. The smallest absolute Gasteiger partial charge is 0.0191 e. The molecular formula is C18H36N2S. The van der Waals surface area contributed by atoms with Crippen LogP contribution in [0.1, 0.15) is 59.8 Å². The lowest BCUT2D eigenvalue weighted by Gasteiger charge is -2.44. The van der Waals surface area contributed by atoms with Crippen LogP contribution in [0.25, 0.3) is 0 Å². The Balaban J connectivity index is 1.97. The van der Waals surface area contributed by atoms with E-state index in [9.17, 15) is 0 Å². The first-order valence-corrected chi connectivity index (χ1v) is 9.98. The number of hydrogen-bond acceptors (Lipinski definition) is 3. The third-order valence-electron chi connectivity index (χ3n) is 5.44. The lowest BCUT2D eigenvalue weighted by atomic mass is 9.70. The van der Waals surface area contributed by atoms with Gasteiger partial charge in [-0.15, -0.1) is 0 Å². The fourth-order valence-electron chi connectivity index (χ4n) is 3.75. The van der Waals surface area contributed by atoms with E-state index < -0.39 is 0 Å². The van der Waals surface area contributed by atoms with E-state index >= 15 is 0 Å². The Morgan fingerprint density at radius 3 is 2.38 bits per heavy atom. The summed E-state index contributed by atoms with van der Waals surface area (Å²) in [4.78, 5) is 2.68. The SMILES string of the molecule is CC1CCC(CNC(C)(C)C)(CN(C)C2CCSC2)CC1. The number of rotatable bonds is 5. The maximum atomic E-state index is 3.81. The highest BCUT2D eigenvalue weighted by Gasteiger charge is 2.37. The van der Waals surface area contributed by atoms with E-state index in [0.29, 0.717) is 5.41 Å². The van der Waals surface area contributed by atoms with E-state index in [4.69, 9.17) is 0 Å². The van der Waals surface area contributed by atoms with E-state index in [1.807, 2.05) is 0 Å². The quantitative estimate of drug-likeness (QED) is 0.826. The summed E-state index contributed by atoms with van der Waals surface area (Å²) >= 11 is 2.13. The molecule has 1 N–H and O–H groups in total. The lowest BCUT2D eigenvalue weighted by molar-refractivity contribution is 0.0772. The summed E-state index contributed by atoms with van der Waals surface area (Å²) in [6.45, 7) is 11.8. The van der Waals surface area contributed by atoms with Crippen LogP contribution < -0.4 is 5.32 Å². The van der Waals surface area contributed by atoms with Crippen LogP contribution in [-0.4, -0.2) is 48.1 Å². The normalized spacial score (nSPS) is 34.6. The summed E-state index contributed by atoms with van der Waals surface area (Å²) in [5.74, 6) is 3.63. The molecule has 0 radical (unpaired) electrons. The molecule has 1 atom stereocenters. The Morgan fingerprint density at radius 1 is 1.19 bits per heavy atom. The fraction of sp³-hybridized carbons (Fsp3) is 1.00. The molecule has 1 heterocycles. The Labute approximate surface area is 136 Å². The molecule has 1 saturated heterocycles. The standard InChI is InChI=1S/C18H36N2S/c1-15-6-9-18(10-7-15,13-19-17(2,3)4)14-20(5)16-8-11-21-12-16/h15-16,19H,6-14H2,1-5H3. The average molecular weight is 313 g/mol. The van der Waals surface area contributed by atoms with Gasteiger partial charge >= 0.3 is 0 Å². The molecular weight excluding hydrogens is 276 g/mol. The molecule has 0 spiro atoms. The van der Waals surface area contributed by atoms with Gasteiger partial charge in [-0.05, 0) is 64.2 Å². The van der Waals surface area contributed by atoms with Crippen LogP contribution in [0.4, 0.5) is 0 Å². The molecule has 1 unspecified atom stereocenters. The average Bonchev–Trinajstić information content (AvgIpc) is 2.93. The van der Waals surface area contributed by atoms with Gasteiger partial charge < -0.3 is 10.2 Å². The van der Waals surface area contributed by atoms with Crippen LogP contribution in [-0.2, 0) is 0 Å². The molecule has 0 aromatic carbocycles. The topological polar surface area (TPSA) is 15.3 Å². The van der Waals surface area contributed by atoms with Crippen molar-refractivity contribution in [3.63, 3.8) is 0 Å². The van der Waals surface area contributed by atoms with Crippen LogP contribution >= 0.6 is 11.8 Å². The van der Waals surface area contributed by atoms with E-state index in [2.05, 4.69) is 56.7 Å². The van der Waals surface area contributed by atoms with Crippen LogP contribution in [0.15, 0.2) is 0 Å². The molecule has 0 bridgehead atoms. The number of hydrogen-bond donors (Lipinski definition) is 1. The minimum absolute atomic E-state index is 0.234. The Bertz CT molecular complexity index is 310. The molecule has 0 aromatic heterocycles. The van der Waals surface area contributed by atoms with Gasteiger partial charge in [0.15, 0.2) is 0 Å². The molecule has 1 saturated carbocycles. The first-order valence-electron chi connectivity index (χ1n) is 8.83. The first-order chi connectivity index (χ1) is 9.80. The maximum absolute atomic E-state index is 3.81. The van der Waals surface area contributed by atoms with Crippen molar-refractivity contribution < 1.29 is 0 Å². The highest BCUT2D eigenvalue weighted by molar-refractivity contribution is 7.99. The molecule has 2 rings (SSSR count). The third kappa shape index (κ3) is 5.44. The van der Waals surface area contributed by atoms with Gasteiger partial charge in [-0.25, -0.2) is 0 Å². The van der Waals surface area contributed by atoms with Crippen molar-refractivity contribution in [3.05, 3.63) is 0 Å². The second-order valence-corrected chi connectivity index (χ2v) is 9.87. The van der Waals surface area contributed by atoms with E-state index in [-0.39, 0.29) is 5.54 Å². The number of nitrogens with zero attached hydrogens (tertiary/aromatic N) is 1. The van der Waals surface area contributed by atoms with Crippen LogP contribution in [0, 0.1) is 11.3 Å². The molecule has 21 heavy (non-hydrogen) atoms. The monoisotopic (exact) mass is 312 g/mol. The molecule has 2 nitrogen and oxygen atoms in total. The highest BCUT2D eigenvalue weighted by atomic mass is 32.2. The summed E-state index contributed by atoms with van der Waals surface area (Å²) in [6, 6.07) is 0.820. The molecule has 1 aliphatic heterocycles. The van der Waals surface area contributed by atoms with Gasteiger partial charge in [-0.3, -0.25) is 0 Å². The van der Waals surface area contributed by atoms with Gasteiger partial charge in [0.25, 0.3) is 0 Å². The van der Waals surface area contributed by atoms with Gasteiger partial charge in [-0.2, -0.15) is 11.8 Å². The molecule has 3 heteroatoms. The molecule has 124 valence electrons. The van der Waals surface area contributed by atoms with Crippen LogP contribution in [0.3, 0.4) is 0 Å². The lowest BCUT2D eigenvalue weighted by Crippen LogP contribution is -2.51. The van der Waals surface area contributed by atoms with E-state index in [1.54, 1.807) is 0 Å². The Kier molecular flexibility index (Phi) is 6.07. The Hall–Kier alpha value is 0.270. The first kappa shape index (κ1) is 17.6. The van der Waals surface area contributed by atoms with Crippen molar-refractivity contribution in [1.29, 1.82) is 0 Å². The van der Waals surface area contributed by atoms with Crippen molar-refractivity contribution in [3.8, 4) is 0 Å². The zero-order valence-electron chi connectivity index (χ0n) is 14.9. The van der Waals surface area contributed by atoms with Gasteiger partial charge in [0.1, 0.15) is 0 Å². The molecule has 2 aliphatic rings. The third-order valence-corrected chi connectivity index (χ3v) is 6.59. The summed E-state index contributed by atoms with van der Waals surface area (Å²) in [6.07, 6.45) is 7.03. The molecule has 2 fully saturated rings. The van der Waals surface area contributed by atoms with Crippen molar-refractivity contribution >= 4 is 11.8 Å².